The van der Waals surface area contributed by atoms with E-state index >= 15 is 0 Å². The Labute approximate surface area is 164 Å². The molecule has 1 saturated heterocycles. The monoisotopic (exact) mass is 377 g/mol. The van der Waals surface area contributed by atoms with Crippen molar-refractivity contribution in [3.05, 3.63) is 65.5 Å². The van der Waals surface area contributed by atoms with Crippen LogP contribution in [0, 0.1) is 6.92 Å². The summed E-state index contributed by atoms with van der Waals surface area (Å²) in [6.07, 6.45) is 1.83. The van der Waals surface area contributed by atoms with Crippen LogP contribution in [0.3, 0.4) is 0 Å². The summed E-state index contributed by atoms with van der Waals surface area (Å²) in [5.41, 5.74) is 2.75. The van der Waals surface area contributed by atoms with Crippen LogP contribution in [0.15, 0.2) is 53.1 Å². The summed E-state index contributed by atoms with van der Waals surface area (Å²) < 4.78 is 10.8. The first-order valence-corrected chi connectivity index (χ1v) is 9.48. The molecule has 4 rings (SSSR count). The molecule has 1 aliphatic rings. The van der Waals surface area contributed by atoms with Crippen molar-refractivity contribution in [2.45, 2.75) is 25.7 Å². The molecular formula is C22H23N3O3. The van der Waals surface area contributed by atoms with Gasteiger partial charge in [-0.05, 0) is 38.0 Å². The van der Waals surface area contributed by atoms with Crippen LogP contribution in [0.2, 0.25) is 0 Å². The first kappa shape index (κ1) is 18.2. The molecule has 2 heterocycles. The fraction of sp³-hybridized carbons (Fsp3) is 0.318. The molecule has 28 heavy (non-hydrogen) atoms. The minimum atomic E-state index is 0.00173. The number of carbonyl (C=O) groups is 1. The zero-order chi connectivity index (χ0) is 19.5. The number of ether oxygens (including phenoxy) is 1. The number of methoxy groups -OCH3 is 1. The number of amides is 1. The summed E-state index contributed by atoms with van der Waals surface area (Å²) >= 11 is 0. The third-order valence-electron chi connectivity index (χ3n) is 5.13. The summed E-state index contributed by atoms with van der Waals surface area (Å²) in [7, 11) is 1.60. The maximum atomic E-state index is 12.9. The van der Waals surface area contributed by atoms with Crippen molar-refractivity contribution in [2.75, 3.05) is 20.2 Å². The first-order valence-electron chi connectivity index (χ1n) is 9.48. The minimum absolute atomic E-state index is 0.00173. The smallest absolute Gasteiger partial charge is 0.254 e. The van der Waals surface area contributed by atoms with E-state index in [1.54, 1.807) is 13.2 Å². The number of nitrogens with zero attached hydrogens (tertiary/aromatic N) is 3. The van der Waals surface area contributed by atoms with Gasteiger partial charge >= 0.3 is 0 Å². The second kappa shape index (κ2) is 7.84. The number of benzene rings is 2. The SMILES string of the molecule is COc1cccc(C(=O)N2CCCC(c3nc(-c4ccc(C)cc4)no3)C2)c1. The lowest BCUT2D eigenvalue weighted by Gasteiger charge is -2.31. The standard InChI is InChI=1S/C22H23N3O3/c1-15-8-10-16(11-9-15)20-23-21(28-24-20)18-6-4-12-25(14-18)22(26)17-5-3-7-19(13-17)27-2/h3,5,7-11,13,18H,4,6,12,14H2,1-2H3. The zero-order valence-corrected chi connectivity index (χ0v) is 16.1. The van der Waals surface area contributed by atoms with E-state index in [-0.39, 0.29) is 11.8 Å². The van der Waals surface area contributed by atoms with Gasteiger partial charge in [0.2, 0.25) is 11.7 Å². The van der Waals surface area contributed by atoms with E-state index in [0.717, 1.165) is 24.9 Å². The van der Waals surface area contributed by atoms with E-state index in [1.165, 1.54) is 5.56 Å². The Balaban J connectivity index is 1.49. The van der Waals surface area contributed by atoms with Gasteiger partial charge in [0.25, 0.3) is 5.91 Å². The highest BCUT2D eigenvalue weighted by Gasteiger charge is 2.29. The van der Waals surface area contributed by atoms with Gasteiger partial charge in [0.1, 0.15) is 5.75 Å². The second-order valence-electron chi connectivity index (χ2n) is 7.14. The van der Waals surface area contributed by atoms with E-state index in [2.05, 4.69) is 10.1 Å². The Morgan fingerprint density at radius 1 is 1.21 bits per heavy atom. The average molecular weight is 377 g/mol. The fourth-order valence-corrected chi connectivity index (χ4v) is 3.52. The van der Waals surface area contributed by atoms with Crippen LogP contribution in [0.1, 0.15) is 40.6 Å². The number of piperidine rings is 1. The van der Waals surface area contributed by atoms with Gasteiger partial charge in [0.15, 0.2) is 0 Å². The van der Waals surface area contributed by atoms with Crippen LogP contribution < -0.4 is 4.74 Å². The van der Waals surface area contributed by atoms with Gasteiger partial charge in [-0.2, -0.15) is 4.98 Å². The Hall–Kier alpha value is -3.15. The molecule has 0 spiro atoms. The molecule has 1 fully saturated rings. The molecule has 0 aliphatic carbocycles. The number of likely N-dealkylation sites (tertiary alicyclic amines) is 1. The van der Waals surface area contributed by atoms with Crippen LogP contribution in [0.4, 0.5) is 0 Å². The van der Waals surface area contributed by atoms with E-state index in [9.17, 15) is 4.79 Å². The maximum Gasteiger partial charge on any atom is 0.254 e. The van der Waals surface area contributed by atoms with Gasteiger partial charge in [0.05, 0.1) is 13.0 Å². The molecular weight excluding hydrogens is 354 g/mol. The van der Waals surface area contributed by atoms with Crippen molar-refractivity contribution in [2.24, 2.45) is 0 Å². The summed E-state index contributed by atoms with van der Waals surface area (Å²) in [6, 6.07) is 15.3. The van der Waals surface area contributed by atoms with E-state index in [1.807, 2.05) is 54.3 Å². The third kappa shape index (κ3) is 3.76. The quantitative estimate of drug-likeness (QED) is 0.685. The van der Waals surface area contributed by atoms with Gasteiger partial charge in [-0.3, -0.25) is 4.79 Å². The van der Waals surface area contributed by atoms with Crippen molar-refractivity contribution in [1.82, 2.24) is 15.0 Å². The van der Waals surface area contributed by atoms with E-state index < -0.39 is 0 Å². The van der Waals surface area contributed by atoms with Crippen molar-refractivity contribution < 1.29 is 14.1 Å². The number of aromatic nitrogens is 2. The molecule has 0 N–H and O–H groups in total. The summed E-state index contributed by atoms with van der Waals surface area (Å²) in [5.74, 6) is 1.92. The van der Waals surface area contributed by atoms with Crippen molar-refractivity contribution >= 4 is 5.91 Å². The van der Waals surface area contributed by atoms with Gasteiger partial charge in [-0.15, -0.1) is 0 Å². The molecule has 0 saturated carbocycles. The lowest BCUT2D eigenvalue weighted by molar-refractivity contribution is 0.0695. The van der Waals surface area contributed by atoms with Crippen LogP contribution in [-0.2, 0) is 0 Å². The molecule has 2 aromatic carbocycles. The Kier molecular flexibility index (Phi) is 5.10. The van der Waals surface area contributed by atoms with Crippen molar-refractivity contribution in [3.63, 3.8) is 0 Å². The molecule has 1 atom stereocenters. The van der Waals surface area contributed by atoms with Gasteiger partial charge in [0, 0.05) is 24.2 Å². The molecule has 6 nitrogen and oxygen atoms in total. The predicted octanol–water partition coefficient (Wildman–Crippen LogP) is 4.07. The summed E-state index contributed by atoms with van der Waals surface area (Å²) in [6.45, 7) is 3.35. The molecule has 6 heteroatoms. The van der Waals surface area contributed by atoms with Crippen LogP contribution in [-0.4, -0.2) is 41.1 Å². The highest BCUT2D eigenvalue weighted by atomic mass is 16.5. The number of aryl methyl sites for hydroxylation is 1. The van der Waals surface area contributed by atoms with Crippen LogP contribution in [0.5, 0.6) is 5.75 Å². The molecule has 1 amide bonds. The van der Waals surface area contributed by atoms with E-state index in [4.69, 9.17) is 9.26 Å². The lowest BCUT2D eigenvalue weighted by Crippen LogP contribution is -2.39. The van der Waals surface area contributed by atoms with Crippen LogP contribution in [0.25, 0.3) is 11.4 Å². The van der Waals surface area contributed by atoms with Crippen molar-refractivity contribution in [1.29, 1.82) is 0 Å². The number of rotatable bonds is 4. The molecule has 1 unspecified atom stereocenters. The number of carbonyl (C=O) groups excluding carboxylic acids is 1. The van der Waals surface area contributed by atoms with Gasteiger partial charge in [-0.25, -0.2) is 0 Å². The fourth-order valence-electron chi connectivity index (χ4n) is 3.52. The second-order valence-corrected chi connectivity index (χ2v) is 7.14. The Morgan fingerprint density at radius 3 is 2.82 bits per heavy atom. The largest absolute Gasteiger partial charge is 0.497 e. The predicted molar refractivity (Wildman–Crippen MR) is 105 cm³/mol. The van der Waals surface area contributed by atoms with Gasteiger partial charge in [-0.1, -0.05) is 41.1 Å². The maximum absolute atomic E-state index is 12.9. The molecule has 3 aromatic rings. The molecule has 0 bridgehead atoms. The Bertz CT molecular complexity index is 965. The third-order valence-corrected chi connectivity index (χ3v) is 5.13. The van der Waals surface area contributed by atoms with Crippen LogP contribution >= 0.6 is 0 Å². The average Bonchev–Trinajstić information content (AvgIpc) is 3.24. The van der Waals surface area contributed by atoms with E-state index in [0.29, 0.717) is 29.6 Å². The molecule has 1 aromatic heterocycles. The summed E-state index contributed by atoms with van der Waals surface area (Å²) in [4.78, 5) is 19.4. The highest BCUT2D eigenvalue weighted by molar-refractivity contribution is 5.94. The Morgan fingerprint density at radius 2 is 2.04 bits per heavy atom. The minimum Gasteiger partial charge on any atom is -0.497 e. The lowest BCUT2D eigenvalue weighted by atomic mass is 9.97. The topological polar surface area (TPSA) is 68.5 Å². The molecule has 144 valence electrons. The molecule has 1 aliphatic heterocycles. The van der Waals surface area contributed by atoms with Crippen molar-refractivity contribution in [3.8, 4) is 17.1 Å². The summed E-state index contributed by atoms with van der Waals surface area (Å²) in [5, 5.41) is 4.14. The highest BCUT2D eigenvalue weighted by Crippen LogP contribution is 2.28. The zero-order valence-electron chi connectivity index (χ0n) is 16.1. The number of hydrogen-bond acceptors (Lipinski definition) is 5. The normalized spacial score (nSPS) is 16.8. The number of hydrogen-bond donors (Lipinski definition) is 0. The molecule has 0 radical (unpaired) electrons. The van der Waals surface area contributed by atoms with Gasteiger partial charge < -0.3 is 14.2 Å². The first-order chi connectivity index (χ1) is 13.6.